The highest BCUT2D eigenvalue weighted by Crippen LogP contribution is 2.31. The maximum atomic E-state index is 9.39. The van der Waals surface area contributed by atoms with Gasteiger partial charge in [-0.25, -0.2) is 0 Å². The lowest BCUT2D eigenvalue weighted by Gasteiger charge is -2.24. The molecule has 0 spiro atoms. The monoisotopic (exact) mass is 318 g/mol. The summed E-state index contributed by atoms with van der Waals surface area (Å²) < 4.78 is 0. The van der Waals surface area contributed by atoms with E-state index in [-0.39, 0.29) is 12.1 Å². The number of halogens is 2. The van der Waals surface area contributed by atoms with E-state index in [1.165, 1.54) is 0 Å². The molecule has 0 radical (unpaired) electrons. The molecule has 20 heavy (non-hydrogen) atoms. The van der Waals surface area contributed by atoms with Crippen LogP contribution in [0, 0.1) is 0 Å². The molecule has 0 heterocycles. The molecule has 0 aliphatic rings. The molecule has 0 aliphatic carbocycles. The van der Waals surface area contributed by atoms with Gasteiger partial charge in [-0.2, -0.15) is 0 Å². The topological polar surface area (TPSA) is 35.5 Å². The van der Waals surface area contributed by atoms with Gasteiger partial charge in [0.25, 0.3) is 0 Å². The van der Waals surface area contributed by atoms with Crippen molar-refractivity contribution in [3.8, 4) is 0 Å². The molecule has 0 saturated heterocycles. The van der Waals surface area contributed by atoms with Gasteiger partial charge in [0.2, 0.25) is 0 Å². The molecule has 2 unspecified atom stereocenters. The van der Waals surface area contributed by atoms with E-state index in [2.05, 4.69) is 17.1 Å². The van der Waals surface area contributed by atoms with Gasteiger partial charge in [-0.1, -0.05) is 42.3 Å². The number of benzene rings is 1. The van der Waals surface area contributed by atoms with Crippen LogP contribution in [-0.2, 0) is 0 Å². The lowest BCUT2D eigenvalue weighted by molar-refractivity contribution is 0.139. The highest BCUT2D eigenvalue weighted by atomic mass is 35.5. The Kier molecular flexibility index (Phi) is 7.85. The molecule has 3 nitrogen and oxygen atoms in total. The first-order valence-corrected chi connectivity index (χ1v) is 7.75. The Labute approximate surface area is 131 Å². The molecule has 1 aromatic rings. The van der Waals surface area contributed by atoms with Crippen LogP contribution in [0.15, 0.2) is 18.2 Å². The minimum absolute atomic E-state index is 0.169. The van der Waals surface area contributed by atoms with E-state index in [1.54, 1.807) is 13.0 Å². The standard InChI is InChI=1S/C15H24Cl2N2O/c1-4-18-14(8-9-19(3)10-11(2)20)12-6-5-7-13(16)15(12)17/h5-7,11,14,18,20H,4,8-10H2,1-3H3. The SMILES string of the molecule is CCNC(CCN(C)CC(C)O)c1cccc(Cl)c1Cl. The molecular weight excluding hydrogens is 295 g/mol. The minimum Gasteiger partial charge on any atom is -0.392 e. The molecule has 2 N–H and O–H groups in total. The van der Waals surface area contributed by atoms with Gasteiger partial charge in [-0.3, -0.25) is 0 Å². The van der Waals surface area contributed by atoms with Crippen LogP contribution in [0.3, 0.4) is 0 Å². The highest BCUT2D eigenvalue weighted by molar-refractivity contribution is 6.42. The number of nitrogens with one attached hydrogen (secondary N) is 1. The summed E-state index contributed by atoms with van der Waals surface area (Å²) in [5.41, 5.74) is 1.03. The second kappa shape index (κ2) is 8.85. The predicted octanol–water partition coefficient (Wildman–Crippen LogP) is 3.35. The van der Waals surface area contributed by atoms with Crippen LogP contribution in [0.4, 0.5) is 0 Å². The Hall–Kier alpha value is -0.320. The molecule has 0 bridgehead atoms. The average Bonchev–Trinajstić information content (AvgIpc) is 2.37. The molecule has 0 saturated carbocycles. The Morgan fingerprint density at radius 2 is 2.05 bits per heavy atom. The lowest BCUT2D eigenvalue weighted by atomic mass is 10.0. The summed E-state index contributed by atoms with van der Waals surface area (Å²) in [6, 6.07) is 5.90. The second-order valence-electron chi connectivity index (χ2n) is 5.15. The first-order chi connectivity index (χ1) is 9.45. The second-order valence-corrected chi connectivity index (χ2v) is 5.94. The zero-order chi connectivity index (χ0) is 15.1. The van der Waals surface area contributed by atoms with Crippen LogP contribution in [0.5, 0.6) is 0 Å². The Balaban J connectivity index is 2.71. The van der Waals surface area contributed by atoms with Crippen LogP contribution < -0.4 is 5.32 Å². The van der Waals surface area contributed by atoms with Gasteiger partial charge in [0, 0.05) is 12.6 Å². The molecule has 1 aromatic carbocycles. The maximum Gasteiger partial charge on any atom is 0.0640 e. The third kappa shape index (κ3) is 5.58. The van der Waals surface area contributed by atoms with Crippen molar-refractivity contribution < 1.29 is 5.11 Å². The number of hydrogen-bond donors (Lipinski definition) is 2. The average molecular weight is 319 g/mol. The predicted molar refractivity (Wildman–Crippen MR) is 86.7 cm³/mol. The largest absolute Gasteiger partial charge is 0.392 e. The smallest absolute Gasteiger partial charge is 0.0640 e. The highest BCUT2D eigenvalue weighted by Gasteiger charge is 2.16. The van der Waals surface area contributed by atoms with E-state index in [1.807, 2.05) is 19.2 Å². The van der Waals surface area contributed by atoms with Crippen molar-refractivity contribution in [1.29, 1.82) is 0 Å². The van der Waals surface area contributed by atoms with Crippen LogP contribution >= 0.6 is 23.2 Å². The summed E-state index contributed by atoms with van der Waals surface area (Å²) in [5, 5.41) is 14.0. The quantitative estimate of drug-likeness (QED) is 0.771. The van der Waals surface area contributed by atoms with Crippen molar-refractivity contribution in [1.82, 2.24) is 10.2 Å². The van der Waals surface area contributed by atoms with Crippen LogP contribution in [-0.4, -0.2) is 42.8 Å². The molecule has 0 amide bonds. The number of rotatable bonds is 8. The van der Waals surface area contributed by atoms with Gasteiger partial charge in [-0.05, 0) is 45.1 Å². The third-order valence-corrected chi connectivity index (χ3v) is 4.02. The summed E-state index contributed by atoms with van der Waals surface area (Å²) >= 11 is 12.4. The van der Waals surface area contributed by atoms with Crippen molar-refractivity contribution in [2.45, 2.75) is 32.4 Å². The molecule has 1 rings (SSSR count). The number of hydrogen-bond acceptors (Lipinski definition) is 3. The Morgan fingerprint density at radius 1 is 1.35 bits per heavy atom. The summed E-state index contributed by atoms with van der Waals surface area (Å²) in [6.45, 7) is 6.29. The summed E-state index contributed by atoms with van der Waals surface area (Å²) in [6.07, 6.45) is 0.601. The van der Waals surface area contributed by atoms with Gasteiger partial charge in [-0.15, -0.1) is 0 Å². The Bertz CT molecular complexity index is 413. The van der Waals surface area contributed by atoms with E-state index < -0.39 is 0 Å². The van der Waals surface area contributed by atoms with E-state index in [0.29, 0.717) is 16.6 Å². The van der Waals surface area contributed by atoms with Crippen LogP contribution in [0.25, 0.3) is 0 Å². The summed E-state index contributed by atoms with van der Waals surface area (Å²) in [7, 11) is 2.01. The number of aliphatic hydroxyl groups excluding tert-OH is 1. The number of likely N-dealkylation sites (N-methyl/N-ethyl adjacent to an activating group) is 1. The molecule has 0 aliphatic heterocycles. The van der Waals surface area contributed by atoms with Crippen molar-refractivity contribution in [3.63, 3.8) is 0 Å². The van der Waals surface area contributed by atoms with Gasteiger partial charge in [0.15, 0.2) is 0 Å². The lowest BCUT2D eigenvalue weighted by Crippen LogP contribution is -2.31. The fourth-order valence-corrected chi connectivity index (χ4v) is 2.73. The fraction of sp³-hybridized carbons (Fsp3) is 0.600. The summed E-state index contributed by atoms with van der Waals surface area (Å²) in [5.74, 6) is 0. The molecular formula is C15H24Cl2N2O. The zero-order valence-corrected chi connectivity index (χ0v) is 13.9. The van der Waals surface area contributed by atoms with E-state index in [9.17, 15) is 5.11 Å². The van der Waals surface area contributed by atoms with Crippen LogP contribution in [0.2, 0.25) is 10.0 Å². The molecule has 0 aromatic heterocycles. The van der Waals surface area contributed by atoms with Gasteiger partial charge < -0.3 is 15.3 Å². The van der Waals surface area contributed by atoms with Crippen molar-refractivity contribution in [3.05, 3.63) is 33.8 Å². The summed E-state index contributed by atoms with van der Waals surface area (Å²) in [4.78, 5) is 2.12. The molecule has 0 fully saturated rings. The molecule has 114 valence electrons. The van der Waals surface area contributed by atoms with Crippen molar-refractivity contribution in [2.24, 2.45) is 0 Å². The van der Waals surface area contributed by atoms with E-state index in [4.69, 9.17) is 23.2 Å². The zero-order valence-electron chi connectivity index (χ0n) is 12.4. The van der Waals surface area contributed by atoms with Crippen LogP contribution in [0.1, 0.15) is 31.9 Å². The number of nitrogens with zero attached hydrogens (tertiary/aromatic N) is 1. The molecule has 5 heteroatoms. The maximum absolute atomic E-state index is 9.39. The van der Waals surface area contributed by atoms with E-state index >= 15 is 0 Å². The third-order valence-electron chi connectivity index (χ3n) is 3.18. The van der Waals surface area contributed by atoms with Gasteiger partial charge >= 0.3 is 0 Å². The Morgan fingerprint density at radius 3 is 2.65 bits per heavy atom. The normalized spacial score (nSPS) is 14.6. The number of aliphatic hydroxyl groups is 1. The first kappa shape index (κ1) is 17.7. The van der Waals surface area contributed by atoms with Crippen molar-refractivity contribution in [2.75, 3.05) is 26.7 Å². The fourth-order valence-electron chi connectivity index (χ4n) is 2.30. The van der Waals surface area contributed by atoms with Gasteiger partial charge in [0.1, 0.15) is 0 Å². The minimum atomic E-state index is -0.313. The van der Waals surface area contributed by atoms with Gasteiger partial charge in [0.05, 0.1) is 16.1 Å². The van der Waals surface area contributed by atoms with Crippen molar-refractivity contribution >= 4 is 23.2 Å². The van der Waals surface area contributed by atoms with E-state index in [0.717, 1.165) is 25.1 Å². The first-order valence-electron chi connectivity index (χ1n) is 6.99. The molecule has 2 atom stereocenters.